The monoisotopic (exact) mass is 304 g/mol. The molecule has 114 valence electrons. The van der Waals surface area contributed by atoms with Gasteiger partial charge in [-0.1, -0.05) is 49.4 Å². The molecule has 0 aliphatic heterocycles. The zero-order chi connectivity index (χ0) is 14.4. The second-order valence-corrected chi connectivity index (χ2v) is 7.88. The highest BCUT2D eigenvalue weighted by atomic mass is 35.5. The van der Waals surface area contributed by atoms with Crippen LogP contribution in [0.2, 0.25) is 5.02 Å². The number of aliphatic hydroxyl groups is 1. The molecular formula is C19H25ClO. The number of rotatable bonds is 1. The van der Waals surface area contributed by atoms with Crippen LogP contribution in [0.15, 0.2) is 24.3 Å². The fraction of sp³-hybridized carbons (Fsp3) is 0.684. The Morgan fingerprint density at radius 3 is 2.05 bits per heavy atom. The lowest BCUT2D eigenvalue weighted by Gasteiger charge is -2.39. The molecule has 0 amide bonds. The Kier molecular flexibility index (Phi) is 3.54. The molecule has 2 heteroatoms. The van der Waals surface area contributed by atoms with Crippen molar-refractivity contribution in [1.29, 1.82) is 0 Å². The van der Waals surface area contributed by atoms with Crippen LogP contribution < -0.4 is 0 Å². The Balaban J connectivity index is 1.80. The molecule has 0 heterocycles. The largest absolute Gasteiger partial charge is 0.385 e. The summed E-state index contributed by atoms with van der Waals surface area (Å²) in [5.74, 6) is 2.40. The molecule has 0 bridgehead atoms. The van der Waals surface area contributed by atoms with E-state index in [0.717, 1.165) is 22.4 Å². The maximum absolute atomic E-state index is 11.8. The van der Waals surface area contributed by atoms with Gasteiger partial charge >= 0.3 is 0 Å². The number of halogens is 1. The van der Waals surface area contributed by atoms with Crippen LogP contribution in [-0.2, 0) is 5.60 Å². The van der Waals surface area contributed by atoms with E-state index in [2.05, 4.69) is 6.07 Å². The van der Waals surface area contributed by atoms with Crippen LogP contribution in [0, 0.1) is 23.7 Å². The summed E-state index contributed by atoms with van der Waals surface area (Å²) in [6.45, 7) is 0. The van der Waals surface area contributed by atoms with Crippen molar-refractivity contribution in [1.82, 2.24) is 0 Å². The maximum atomic E-state index is 11.8. The van der Waals surface area contributed by atoms with E-state index in [1.165, 1.54) is 51.4 Å². The van der Waals surface area contributed by atoms with E-state index >= 15 is 0 Å². The van der Waals surface area contributed by atoms with Gasteiger partial charge in [-0.3, -0.25) is 0 Å². The van der Waals surface area contributed by atoms with Crippen LogP contribution >= 0.6 is 11.6 Å². The Bertz CT molecular complexity index is 504. The summed E-state index contributed by atoms with van der Waals surface area (Å²) in [6, 6.07) is 8.04. The first-order valence-electron chi connectivity index (χ1n) is 8.69. The van der Waals surface area contributed by atoms with E-state index in [-0.39, 0.29) is 0 Å². The fourth-order valence-electron chi connectivity index (χ4n) is 5.88. The van der Waals surface area contributed by atoms with E-state index in [1.54, 1.807) is 0 Å². The zero-order valence-electron chi connectivity index (χ0n) is 12.6. The molecule has 0 unspecified atom stereocenters. The van der Waals surface area contributed by atoms with Crippen LogP contribution in [0.3, 0.4) is 0 Å². The molecule has 0 aromatic heterocycles. The third-order valence-corrected chi connectivity index (χ3v) is 6.84. The Hall–Kier alpha value is -0.530. The van der Waals surface area contributed by atoms with E-state index in [0.29, 0.717) is 11.8 Å². The normalized spacial score (nSPS) is 37.8. The summed E-state index contributed by atoms with van der Waals surface area (Å²) in [4.78, 5) is 0. The van der Waals surface area contributed by atoms with Crippen molar-refractivity contribution in [3.8, 4) is 0 Å². The van der Waals surface area contributed by atoms with Crippen LogP contribution in [0.5, 0.6) is 0 Å². The van der Waals surface area contributed by atoms with Crippen molar-refractivity contribution in [2.45, 2.75) is 57.0 Å². The van der Waals surface area contributed by atoms with Crippen LogP contribution in [0.25, 0.3) is 0 Å². The van der Waals surface area contributed by atoms with E-state index in [4.69, 9.17) is 11.6 Å². The second kappa shape index (κ2) is 5.28. The first-order valence-corrected chi connectivity index (χ1v) is 9.07. The molecule has 1 aromatic carbocycles. The third-order valence-electron chi connectivity index (χ3n) is 6.61. The summed E-state index contributed by atoms with van der Waals surface area (Å²) in [5.41, 5.74) is 0.461. The minimum Gasteiger partial charge on any atom is -0.385 e. The van der Waals surface area contributed by atoms with Gasteiger partial charge in [-0.05, 0) is 67.1 Å². The number of hydrogen-bond donors (Lipinski definition) is 1. The standard InChI is InChI=1S/C19H25ClO/c20-14-7-5-6-13(12-14)19(21)17-10-3-1-8-15(17)16-9-2-4-11-18(16)19/h5-7,12,15-18,21H,1-4,8-11H2/t15-,16-,17+,18+/m1/s1. The molecule has 1 aromatic rings. The molecule has 3 aliphatic carbocycles. The SMILES string of the molecule is OC1(c2cccc(Cl)c2)[C@H]2CCCC[C@@H]2[C@H]2CCCC[C@@H]21. The molecule has 0 radical (unpaired) electrons. The number of fused-ring (bicyclic) bond motifs is 3. The van der Waals surface area contributed by atoms with Gasteiger partial charge in [-0.2, -0.15) is 0 Å². The van der Waals surface area contributed by atoms with E-state index in [1.807, 2.05) is 18.2 Å². The second-order valence-electron chi connectivity index (χ2n) is 7.45. The van der Waals surface area contributed by atoms with E-state index in [9.17, 15) is 5.11 Å². The lowest BCUT2D eigenvalue weighted by Crippen LogP contribution is -2.39. The number of benzene rings is 1. The third kappa shape index (κ3) is 2.08. The highest BCUT2D eigenvalue weighted by Crippen LogP contribution is 2.62. The van der Waals surface area contributed by atoms with Crippen molar-refractivity contribution in [3.05, 3.63) is 34.9 Å². The predicted octanol–water partition coefficient (Wildman–Crippen LogP) is 5.15. The first-order chi connectivity index (χ1) is 10.2. The minimum absolute atomic E-state index is 0.456. The topological polar surface area (TPSA) is 20.2 Å². The Labute approximate surface area is 132 Å². The summed E-state index contributed by atoms with van der Waals surface area (Å²) in [6.07, 6.45) is 10.3. The zero-order valence-corrected chi connectivity index (χ0v) is 13.4. The van der Waals surface area contributed by atoms with Gasteiger partial charge in [0.05, 0.1) is 5.60 Å². The van der Waals surface area contributed by atoms with Gasteiger partial charge in [0.15, 0.2) is 0 Å². The molecule has 21 heavy (non-hydrogen) atoms. The van der Waals surface area contributed by atoms with Gasteiger partial charge in [0.2, 0.25) is 0 Å². The van der Waals surface area contributed by atoms with Crippen molar-refractivity contribution >= 4 is 11.6 Å². The molecule has 3 fully saturated rings. The van der Waals surface area contributed by atoms with Crippen molar-refractivity contribution < 1.29 is 5.11 Å². The van der Waals surface area contributed by atoms with Gasteiger partial charge < -0.3 is 5.11 Å². The summed E-state index contributed by atoms with van der Waals surface area (Å²) in [7, 11) is 0. The average Bonchev–Trinajstić information content (AvgIpc) is 2.79. The molecule has 0 spiro atoms. The van der Waals surface area contributed by atoms with Gasteiger partial charge in [0, 0.05) is 5.02 Å². The van der Waals surface area contributed by atoms with Crippen molar-refractivity contribution in [2.24, 2.45) is 23.7 Å². The molecular weight excluding hydrogens is 280 g/mol. The quantitative estimate of drug-likeness (QED) is 0.760. The smallest absolute Gasteiger partial charge is 0.0958 e. The molecule has 4 rings (SSSR count). The molecule has 1 nitrogen and oxygen atoms in total. The van der Waals surface area contributed by atoms with E-state index < -0.39 is 5.60 Å². The molecule has 3 aliphatic rings. The average molecular weight is 305 g/mol. The first kappa shape index (κ1) is 14.1. The van der Waals surface area contributed by atoms with Gasteiger partial charge in [0.25, 0.3) is 0 Å². The molecule has 0 saturated heterocycles. The van der Waals surface area contributed by atoms with Gasteiger partial charge in [-0.15, -0.1) is 0 Å². The summed E-state index contributed by atoms with van der Waals surface area (Å²) < 4.78 is 0. The number of hydrogen-bond acceptors (Lipinski definition) is 1. The summed E-state index contributed by atoms with van der Waals surface area (Å²) in [5, 5.41) is 12.6. The summed E-state index contributed by atoms with van der Waals surface area (Å²) >= 11 is 6.22. The van der Waals surface area contributed by atoms with Crippen molar-refractivity contribution in [2.75, 3.05) is 0 Å². The highest BCUT2D eigenvalue weighted by Gasteiger charge is 2.60. The van der Waals surface area contributed by atoms with Crippen LogP contribution in [-0.4, -0.2) is 5.11 Å². The maximum Gasteiger partial charge on any atom is 0.0958 e. The highest BCUT2D eigenvalue weighted by molar-refractivity contribution is 6.30. The predicted molar refractivity (Wildman–Crippen MR) is 86.2 cm³/mol. The van der Waals surface area contributed by atoms with Crippen LogP contribution in [0.1, 0.15) is 56.9 Å². The lowest BCUT2D eigenvalue weighted by atomic mass is 9.71. The van der Waals surface area contributed by atoms with Crippen molar-refractivity contribution in [3.63, 3.8) is 0 Å². The fourth-order valence-corrected chi connectivity index (χ4v) is 6.07. The van der Waals surface area contributed by atoms with Gasteiger partial charge in [-0.25, -0.2) is 0 Å². The van der Waals surface area contributed by atoms with Crippen LogP contribution in [0.4, 0.5) is 0 Å². The Morgan fingerprint density at radius 2 is 1.48 bits per heavy atom. The molecule has 3 saturated carbocycles. The van der Waals surface area contributed by atoms with Gasteiger partial charge in [0.1, 0.15) is 0 Å². The molecule has 1 N–H and O–H groups in total. The lowest BCUT2D eigenvalue weighted by molar-refractivity contribution is -0.0650. The molecule has 4 atom stereocenters. The minimum atomic E-state index is -0.624. The Morgan fingerprint density at radius 1 is 0.905 bits per heavy atom.